The van der Waals surface area contributed by atoms with E-state index in [1.807, 2.05) is 19.1 Å². The summed E-state index contributed by atoms with van der Waals surface area (Å²) in [5.74, 6) is 0.774. The molecule has 2 aromatic rings. The van der Waals surface area contributed by atoms with Crippen LogP contribution in [-0.4, -0.2) is 38.3 Å². The third-order valence-electron chi connectivity index (χ3n) is 5.81. The number of morpholine rings is 1. The van der Waals surface area contributed by atoms with E-state index in [0.717, 1.165) is 50.5 Å². The van der Waals surface area contributed by atoms with Crippen molar-refractivity contribution in [2.45, 2.75) is 45.3 Å². The highest BCUT2D eigenvalue weighted by atomic mass is 16.5. The molecule has 1 aliphatic carbocycles. The van der Waals surface area contributed by atoms with Gasteiger partial charge in [-0.05, 0) is 67.5 Å². The van der Waals surface area contributed by atoms with Gasteiger partial charge in [-0.2, -0.15) is 0 Å². The fourth-order valence-electron chi connectivity index (χ4n) is 4.08. The second kappa shape index (κ2) is 9.31. The molecule has 0 aromatic heterocycles. The first kappa shape index (κ1) is 19.8. The van der Waals surface area contributed by atoms with Crippen LogP contribution in [0.1, 0.15) is 36.5 Å². The van der Waals surface area contributed by atoms with Crippen LogP contribution in [0.25, 0.3) is 0 Å². The number of aryl methyl sites for hydroxylation is 1. The number of hydrogen-bond donors (Lipinski definition) is 1. The van der Waals surface area contributed by atoms with Gasteiger partial charge in [0.25, 0.3) is 5.91 Å². The standard InChI is InChI=1S/C24H30N2O3/c1-18(29-23-8-4-6-20-5-2-3-7-22(20)23)24(27)25-17-19-9-11-21(12-10-19)26-13-15-28-16-14-26/h4,6,8-12,18H,2-3,5,7,13-17H2,1H3,(H,25,27)/t18-/m0/s1. The number of amides is 1. The second-order valence-electron chi connectivity index (χ2n) is 7.84. The molecule has 5 nitrogen and oxygen atoms in total. The molecule has 1 saturated heterocycles. The summed E-state index contributed by atoms with van der Waals surface area (Å²) in [6.07, 6.45) is 4.05. The van der Waals surface area contributed by atoms with Crippen LogP contribution in [0, 0.1) is 0 Å². The van der Waals surface area contributed by atoms with Gasteiger partial charge in [0.1, 0.15) is 5.75 Å². The highest BCUT2D eigenvalue weighted by molar-refractivity contribution is 5.80. The predicted octanol–water partition coefficient (Wildman–Crippen LogP) is 3.49. The molecule has 0 saturated carbocycles. The lowest BCUT2D eigenvalue weighted by Crippen LogP contribution is -2.36. The van der Waals surface area contributed by atoms with Gasteiger partial charge in [0, 0.05) is 25.3 Å². The Kier molecular flexibility index (Phi) is 6.35. The third-order valence-corrected chi connectivity index (χ3v) is 5.81. The van der Waals surface area contributed by atoms with Crippen molar-refractivity contribution in [3.8, 4) is 5.75 Å². The van der Waals surface area contributed by atoms with E-state index < -0.39 is 6.10 Å². The molecule has 2 aromatic carbocycles. The smallest absolute Gasteiger partial charge is 0.261 e. The number of fused-ring (bicyclic) bond motifs is 1. The van der Waals surface area contributed by atoms with Crippen LogP contribution >= 0.6 is 0 Å². The van der Waals surface area contributed by atoms with E-state index in [2.05, 4.69) is 40.5 Å². The summed E-state index contributed by atoms with van der Waals surface area (Å²) in [5.41, 5.74) is 4.92. The number of benzene rings is 2. The fourth-order valence-corrected chi connectivity index (χ4v) is 4.08. The lowest BCUT2D eigenvalue weighted by atomic mass is 9.91. The van der Waals surface area contributed by atoms with E-state index in [1.54, 1.807) is 0 Å². The van der Waals surface area contributed by atoms with Crippen molar-refractivity contribution in [2.75, 3.05) is 31.2 Å². The Morgan fingerprint density at radius 1 is 1.10 bits per heavy atom. The average molecular weight is 395 g/mol. The number of hydrogen-bond acceptors (Lipinski definition) is 4. The molecule has 0 bridgehead atoms. The van der Waals surface area contributed by atoms with E-state index in [4.69, 9.17) is 9.47 Å². The lowest BCUT2D eigenvalue weighted by Gasteiger charge is -2.29. The van der Waals surface area contributed by atoms with Crippen molar-refractivity contribution in [2.24, 2.45) is 0 Å². The minimum atomic E-state index is -0.518. The van der Waals surface area contributed by atoms with Crippen LogP contribution in [0.4, 0.5) is 5.69 Å². The van der Waals surface area contributed by atoms with Gasteiger partial charge in [-0.15, -0.1) is 0 Å². The van der Waals surface area contributed by atoms with Crippen LogP contribution in [0.15, 0.2) is 42.5 Å². The maximum absolute atomic E-state index is 12.5. The molecule has 0 spiro atoms. The molecule has 1 atom stereocenters. The molecule has 154 valence electrons. The van der Waals surface area contributed by atoms with Gasteiger partial charge < -0.3 is 19.7 Å². The molecule has 1 aliphatic heterocycles. The summed E-state index contributed by atoms with van der Waals surface area (Å²) in [4.78, 5) is 14.9. The Hall–Kier alpha value is -2.53. The van der Waals surface area contributed by atoms with Crippen molar-refractivity contribution in [1.29, 1.82) is 0 Å². The molecule has 2 aliphatic rings. The lowest BCUT2D eigenvalue weighted by molar-refractivity contribution is -0.127. The molecule has 29 heavy (non-hydrogen) atoms. The minimum Gasteiger partial charge on any atom is -0.481 e. The van der Waals surface area contributed by atoms with Crippen molar-refractivity contribution in [3.63, 3.8) is 0 Å². The molecule has 1 N–H and O–H groups in total. The zero-order valence-corrected chi connectivity index (χ0v) is 17.2. The SMILES string of the molecule is C[C@H](Oc1cccc2c1CCCC2)C(=O)NCc1ccc(N2CCOCC2)cc1. The highest BCUT2D eigenvalue weighted by Crippen LogP contribution is 2.30. The molecule has 0 unspecified atom stereocenters. The van der Waals surface area contributed by atoms with Crippen LogP contribution in [0.2, 0.25) is 0 Å². The van der Waals surface area contributed by atoms with Crippen LogP contribution in [0.3, 0.4) is 0 Å². The first-order valence-corrected chi connectivity index (χ1v) is 10.7. The first-order valence-electron chi connectivity index (χ1n) is 10.7. The van der Waals surface area contributed by atoms with Crippen molar-refractivity contribution in [3.05, 3.63) is 59.2 Å². The molecule has 5 heteroatoms. The molecular weight excluding hydrogens is 364 g/mol. The summed E-state index contributed by atoms with van der Waals surface area (Å²) in [7, 11) is 0. The number of rotatable bonds is 6. The van der Waals surface area contributed by atoms with Gasteiger partial charge in [-0.3, -0.25) is 4.79 Å². The van der Waals surface area contributed by atoms with E-state index in [0.29, 0.717) is 6.54 Å². The summed E-state index contributed by atoms with van der Waals surface area (Å²) in [5, 5.41) is 3.00. The fraction of sp³-hybridized carbons (Fsp3) is 0.458. The monoisotopic (exact) mass is 394 g/mol. The van der Waals surface area contributed by atoms with Gasteiger partial charge in [-0.1, -0.05) is 24.3 Å². The van der Waals surface area contributed by atoms with Crippen molar-refractivity contribution < 1.29 is 14.3 Å². The largest absolute Gasteiger partial charge is 0.481 e. The Balaban J connectivity index is 1.30. The molecule has 1 amide bonds. The normalized spacial score (nSPS) is 17.3. The van der Waals surface area contributed by atoms with Crippen molar-refractivity contribution in [1.82, 2.24) is 5.32 Å². The maximum atomic E-state index is 12.5. The number of anilines is 1. The maximum Gasteiger partial charge on any atom is 0.261 e. The van der Waals surface area contributed by atoms with Gasteiger partial charge >= 0.3 is 0 Å². The molecule has 1 heterocycles. The van der Waals surface area contributed by atoms with Gasteiger partial charge in [0.2, 0.25) is 0 Å². The van der Waals surface area contributed by atoms with E-state index >= 15 is 0 Å². The Bertz CT molecular complexity index is 829. The number of ether oxygens (including phenoxy) is 2. The molecular formula is C24H30N2O3. The van der Waals surface area contributed by atoms with Gasteiger partial charge in [0.05, 0.1) is 13.2 Å². The average Bonchev–Trinajstić information content (AvgIpc) is 2.78. The van der Waals surface area contributed by atoms with Crippen LogP contribution in [0.5, 0.6) is 5.75 Å². The number of nitrogens with one attached hydrogen (secondary N) is 1. The molecule has 4 rings (SSSR count). The molecule has 0 radical (unpaired) electrons. The predicted molar refractivity (Wildman–Crippen MR) is 114 cm³/mol. The Labute approximate surface area is 173 Å². The topological polar surface area (TPSA) is 50.8 Å². The zero-order chi connectivity index (χ0) is 20.1. The van der Waals surface area contributed by atoms with E-state index in [1.165, 1.54) is 29.7 Å². The van der Waals surface area contributed by atoms with Crippen molar-refractivity contribution >= 4 is 11.6 Å². The second-order valence-corrected chi connectivity index (χ2v) is 7.84. The molecule has 1 fully saturated rings. The van der Waals surface area contributed by atoms with Crippen LogP contribution in [-0.2, 0) is 28.9 Å². The highest BCUT2D eigenvalue weighted by Gasteiger charge is 2.19. The Morgan fingerprint density at radius 3 is 2.66 bits per heavy atom. The summed E-state index contributed by atoms with van der Waals surface area (Å²) < 4.78 is 11.4. The van der Waals surface area contributed by atoms with Gasteiger partial charge in [-0.25, -0.2) is 0 Å². The Morgan fingerprint density at radius 2 is 1.86 bits per heavy atom. The summed E-state index contributed by atoms with van der Waals surface area (Å²) >= 11 is 0. The van der Waals surface area contributed by atoms with E-state index in [9.17, 15) is 4.79 Å². The third kappa shape index (κ3) is 4.91. The first-order chi connectivity index (χ1) is 14.2. The minimum absolute atomic E-state index is 0.0873. The van der Waals surface area contributed by atoms with Crippen LogP contribution < -0.4 is 15.0 Å². The number of nitrogens with zero attached hydrogens (tertiary/aromatic N) is 1. The quantitative estimate of drug-likeness (QED) is 0.815. The van der Waals surface area contributed by atoms with E-state index in [-0.39, 0.29) is 5.91 Å². The number of carbonyl (C=O) groups excluding carboxylic acids is 1. The zero-order valence-electron chi connectivity index (χ0n) is 17.2. The van der Waals surface area contributed by atoms with Gasteiger partial charge in [0.15, 0.2) is 6.10 Å². The summed E-state index contributed by atoms with van der Waals surface area (Å²) in [6, 6.07) is 14.6. The summed E-state index contributed by atoms with van der Waals surface area (Å²) in [6.45, 7) is 5.73. The number of carbonyl (C=O) groups is 1.